The van der Waals surface area contributed by atoms with Crippen LogP contribution in [-0.2, 0) is 9.30 Å². The molecule has 3 N–H and O–H groups in total. The average Bonchev–Trinajstić information content (AvgIpc) is 1.85. The van der Waals surface area contributed by atoms with Crippen molar-refractivity contribution in [3.8, 4) is 0 Å². The molecule has 1 aliphatic heterocycles. The summed E-state index contributed by atoms with van der Waals surface area (Å²) in [6.45, 7) is 2.16. The van der Waals surface area contributed by atoms with Gasteiger partial charge in [0.25, 0.3) is 0 Å². The van der Waals surface area contributed by atoms with Gasteiger partial charge in [0.2, 0.25) is 0 Å². The van der Waals surface area contributed by atoms with Crippen molar-refractivity contribution in [1.29, 1.82) is 0 Å². The Hall–Kier alpha value is 0.0300. The van der Waals surface area contributed by atoms with E-state index < -0.39 is 7.67 Å². The summed E-state index contributed by atoms with van der Waals surface area (Å²) in [6, 6.07) is 0. The summed E-state index contributed by atoms with van der Waals surface area (Å²) >= 11 is 0. The molecule has 0 aromatic carbocycles. The summed E-state index contributed by atoms with van der Waals surface area (Å²) < 4.78 is 15.5. The molecule has 6 nitrogen and oxygen atoms in total. The number of hydrogen-bond donors (Lipinski definition) is 2. The predicted molar refractivity (Wildman–Crippen MR) is 37.3 cm³/mol. The van der Waals surface area contributed by atoms with Crippen LogP contribution >= 0.6 is 7.67 Å². The van der Waals surface area contributed by atoms with Crippen molar-refractivity contribution in [2.75, 3.05) is 26.3 Å². The maximum absolute atomic E-state index is 10.5. The summed E-state index contributed by atoms with van der Waals surface area (Å²) in [4.78, 5) is 10.5. The molecule has 1 aliphatic rings. The van der Waals surface area contributed by atoms with Crippen LogP contribution in [0.25, 0.3) is 0 Å². The predicted octanol–water partition coefficient (Wildman–Crippen LogP) is -1.75. The van der Waals surface area contributed by atoms with Crippen molar-refractivity contribution in [1.82, 2.24) is 10.2 Å². The molecule has 1 rings (SSSR count). The fourth-order valence-electron chi connectivity index (χ4n) is 0.860. The van der Waals surface area contributed by atoms with Crippen molar-refractivity contribution in [3.63, 3.8) is 0 Å². The molecule has 0 radical (unpaired) electrons. The van der Waals surface area contributed by atoms with Gasteiger partial charge in [0.1, 0.15) is 0 Å². The Balaban J connectivity index is 2.30. The molecule has 1 fully saturated rings. The van der Waals surface area contributed by atoms with Crippen LogP contribution in [0.3, 0.4) is 0 Å². The van der Waals surface area contributed by atoms with E-state index in [0.717, 1.165) is 0 Å². The highest BCUT2D eigenvalue weighted by molar-refractivity contribution is 7.51. The van der Waals surface area contributed by atoms with Crippen LogP contribution < -0.4 is 15.6 Å². The molecule has 1 saturated heterocycles. The summed E-state index contributed by atoms with van der Waals surface area (Å²) in [6.07, 6.45) is 0. The Morgan fingerprint density at radius 1 is 1.55 bits per heavy atom. The van der Waals surface area contributed by atoms with E-state index in [9.17, 15) is 9.46 Å². The summed E-state index contributed by atoms with van der Waals surface area (Å²) in [5, 5.41) is 3.71. The molecule has 11 heavy (non-hydrogen) atoms. The summed E-state index contributed by atoms with van der Waals surface area (Å²) in [7, 11) is -3.86. The van der Waals surface area contributed by atoms with Crippen LogP contribution in [0.2, 0.25) is 0 Å². The third-order valence-corrected chi connectivity index (χ3v) is 1.85. The number of ether oxygens (including phenoxy) is 1. The van der Waals surface area contributed by atoms with E-state index in [1.807, 2.05) is 0 Å². The van der Waals surface area contributed by atoms with E-state index in [2.05, 4.69) is 5.20 Å². The maximum atomic E-state index is 10.5. The Morgan fingerprint density at radius 2 is 2.09 bits per heavy atom. The van der Waals surface area contributed by atoms with E-state index in [1.54, 1.807) is 0 Å². The Morgan fingerprint density at radius 3 is 2.55 bits per heavy atom. The van der Waals surface area contributed by atoms with Crippen LogP contribution in [0, 0.1) is 0 Å². The molecule has 1 unspecified atom stereocenters. The molecule has 0 aromatic heterocycles. The van der Waals surface area contributed by atoms with E-state index in [4.69, 9.17) is 10.2 Å². The number of nitrogens with two attached hydrogens (primary N) is 1. The molecule has 1 heterocycles. The number of nitrogens with one attached hydrogen (secondary N) is 1. The zero-order chi connectivity index (χ0) is 8.32. The first-order valence-electron chi connectivity index (χ1n) is 3.28. The second-order valence-corrected chi connectivity index (χ2v) is 3.69. The van der Waals surface area contributed by atoms with Crippen molar-refractivity contribution in [2.45, 2.75) is 0 Å². The highest BCUT2D eigenvalue weighted by Gasteiger charge is 2.12. The molecule has 0 spiro atoms. The highest BCUT2D eigenvalue weighted by atomic mass is 31.2. The highest BCUT2D eigenvalue weighted by Crippen LogP contribution is 2.17. The smallest absolute Gasteiger partial charge is 0.154 e. The van der Waals surface area contributed by atoms with Crippen LogP contribution in [0.4, 0.5) is 0 Å². The lowest BCUT2D eigenvalue weighted by molar-refractivity contribution is -0.183. The van der Waals surface area contributed by atoms with Crippen molar-refractivity contribution < 1.29 is 14.2 Å². The molecule has 1 atom stereocenters. The van der Waals surface area contributed by atoms with Gasteiger partial charge in [-0.3, -0.25) is 5.50 Å². The Labute approximate surface area is 64.8 Å². The zero-order valence-electron chi connectivity index (χ0n) is 6.02. The van der Waals surface area contributed by atoms with Gasteiger partial charge in [0.05, 0.1) is 13.2 Å². The standard InChI is InChI=1S/C4H12N3O3P/c5-11(8,9)6-7-1-3-10-4-2-7/h1-4H2,(H4,5,6,8,9)/p-1. The first kappa shape index (κ1) is 9.12. The molecular weight excluding hydrogens is 169 g/mol. The van der Waals surface area contributed by atoms with Gasteiger partial charge in [-0.25, -0.2) is 10.2 Å². The van der Waals surface area contributed by atoms with Gasteiger partial charge in [0.15, 0.2) is 7.67 Å². The normalized spacial score (nSPS) is 26.4. The zero-order valence-corrected chi connectivity index (χ0v) is 6.92. The Kier molecular flexibility index (Phi) is 3.00. The molecule has 0 amide bonds. The molecule has 0 saturated carbocycles. The maximum Gasteiger partial charge on any atom is 0.154 e. The quantitative estimate of drug-likeness (QED) is 0.490. The fraction of sp³-hybridized carbons (Fsp3) is 1.00. The van der Waals surface area contributed by atoms with Gasteiger partial charge in [0, 0.05) is 13.1 Å². The van der Waals surface area contributed by atoms with Crippen molar-refractivity contribution >= 4 is 7.67 Å². The molecular formula is C4H11N3O3P-. The lowest BCUT2D eigenvalue weighted by Gasteiger charge is -2.31. The number of rotatable bonds is 2. The second kappa shape index (κ2) is 3.62. The van der Waals surface area contributed by atoms with E-state index in [0.29, 0.717) is 26.3 Å². The topological polar surface area (TPSA) is 90.7 Å². The first-order chi connectivity index (χ1) is 5.08. The summed E-state index contributed by atoms with van der Waals surface area (Å²) in [5.41, 5.74) is 4.77. The van der Waals surface area contributed by atoms with E-state index >= 15 is 0 Å². The van der Waals surface area contributed by atoms with Gasteiger partial charge >= 0.3 is 0 Å². The average molecular weight is 180 g/mol. The van der Waals surface area contributed by atoms with Gasteiger partial charge in [-0.1, -0.05) is 0 Å². The molecule has 0 aromatic rings. The van der Waals surface area contributed by atoms with Gasteiger partial charge < -0.3 is 14.2 Å². The van der Waals surface area contributed by atoms with Crippen molar-refractivity contribution in [3.05, 3.63) is 0 Å². The van der Waals surface area contributed by atoms with Crippen LogP contribution in [0.5, 0.6) is 0 Å². The molecule has 66 valence electrons. The monoisotopic (exact) mass is 180 g/mol. The lowest BCUT2D eigenvalue weighted by Crippen LogP contribution is -2.47. The molecule has 0 bridgehead atoms. The molecule has 0 aliphatic carbocycles. The SMILES string of the molecule is NP(=O)([O-])NN1CCOCC1. The number of hydrazine groups is 1. The van der Waals surface area contributed by atoms with E-state index in [-0.39, 0.29) is 0 Å². The number of morpholine rings is 1. The minimum Gasteiger partial charge on any atom is -0.775 e. The fourth-order valence-corrected chi connectivity index (χ4v) is 1.45. The largest absolute Gasteiger partial charge is 0.775 e. The second-order valence-electron chi connectivity index (χ2n) is 2.30. The third kappa shape index (κ3) is 3.81. The summed E-state index contributed by atoms with van der Waals surface area (Å²) in [5.74, 6) is 0. The lowest BCUT2D eigenvalue weighted by atomic mass is 10.5. The number of nitrogens with zero attached hydrogens (tertiary/aromatic N) is 1. The van der Waals surface area contributed by atoms with Crippen LogP contribution in [0.1, 0.15) is 0 Å². The minimum absolute atomic E-state index is 0.535. The van der Waals surface area contributed by atoms with Crippen LogP contribution in [-0.4, -0.2) is 31.3 Å². The Bertz CT molecular complexity index is 164. The van der Waals surface area contributed by atoms with Crippen LogP contribution in [0.15, 0.2) is 0 Å². The molecule has 7 heteroatoms. The number of hydrogen-bond acceptors (Lipinski definition) is 4. The van der Waals surface area contributed by atoms with Crippen molar-refractivity contribution in [2.24, 2.45) is 5.50 Å². The van der Waals surface area contributed by atoms with E-state index in [1.165, 1.54) is 5.01 Å². The van der Waals surface area contributed by atoms with Gasteiger partial charge in [-0.05, 0) is 0 Å². The minimum atomic E-state index is -3.86. The third-order valence-electron chi connectivity index (χ3n) is 1.29. The van der Waals surface area contributed by atoms with Gasteiger partial charge in [-0.15, -0.1) is 0 Å². The van der Waals surface area contributed by atoms with Gasteiger partial charge in [-0.2, -0.15) is 0 Å². The first-order valence-corrected chi connectivity index (χ1v) is 4.97.